The van der Waals surface area contributed by atoms with Gasteiger partial charge in [-0.05, 0) is 31.5 Å². The number of allylic oxidation sites excluding steroid dienone is 1. The number of hydrogen-bond donors (Lipinski definition) is 0. The molecule has 0 aliphatic carbocycles. The lowest BCUT2D eigenvalue weighted by molar-refractivity contribution is 0.362. The SMILES string of the molecule is C/C=C/COc1ccc(C)c(Br)c1. The Labute approximate surface area is 87.5 Å². The Bertz CT molecular complexity index is 305. The molecule has 0 unspecified atom stereocenters. The van der Waals surface area contributed by atoms with Gasteiger partial charge in [-0.15, -0.1) is 0 Å². The van der Waals surface area contributed by atoms with Crippen LogP contribution in [0.25, 0.3) is 0 Å². The summed E-state index contributed by atoms with van der Waals surface area (Å²) in [6.45, 7) is 4.67. The van der Waals surface area contributed by atoms with E-state index in [4.69, 9.17) is 4.74 Å². The summed E-state index contributed by atoms with van der Waals surface area (Å²) in [4.78, 5) is 0. The molecule has 0 fully saturated rings. The van der Waals surface area contributed by atoms with Gasteiger partial charge in [0.15, 0.2) is 0 Å². The van der Waals surface area contributed by atoms with Gasteiger partial charge in [-0.25, -0.2) is 0 Å². The van der Waals surface area contributed by atoms with Gasteiger partial charge in [0, 0.05) is 4.47 Å². The van der Waals surface area contributed by atoms with Crippen LogP contribution < -0.4 is 4.74 Å². The molecular weight excluding hydrogens is 228 g/mol. The molecule has 0 radical (unpaired) electrons. The summed E-state index contributed by atoms with van der Waals surface area (Å²) in [5, 5.41) is 0. The fraction of sp³-hybridized carbons (Fsp3) is 0.273. The van der Waals surface area contributed by atoms with Crippen molar-refractivity contribution in [3.8, 4) is 5.75 Å². The van der Waals surface area contributed by atoms with Gasteiger partial charge in [-0.2, -0.15) is 0 Å². The second kappa shape index (κ2) is 5.07. The highest BCUT2D eigenvalue weighted by molar-refractivity contribution is 9.10. The summed E-state index contributed by atoms with van der Waals surface area (Å²) in [6.07, 6.45) is 3.96. The van der Waals surface area contributed by atoms with E-state index in [-0.39, 0.29) is 0 Å². The molecule has 1 aromatic rings. The van der Waals surface area contributed by atoms with Gasteiger partial charge in [0.05, 0.1) is 0 Å². The van der Waals surface area contributed by atoms with Gasteiger partial charge < -0.3 is 4.74 Å². The normalized spacial score (nSPS) is 10.7. The standard InChI is InChI=1S/C11H13BrO/c1-3-4-7-13-10-6-5-9(2)11(12)8-10/h3-6,8H,7H2,1-2H3/b4-3+. The van der Waals surface area contributed by atoms with E-state index in [1.165, 1.54) is 5.56 Å². The maximum Gasteiger partial charge on any atom is 0.120 e. The molecule has 1 nitrogen and oxygen atoms in total. The zero-order valence-corrected chi connectivity index (χ0v) is 9.47. The number of rotatable bonds is 3. The Balaban J connectivity index is 2.63. The average Bonchev–Trinajstić information content (AvgIpc) is 2.12. The third kappa shape index (κ3) is 3.23. The zero-order valence-electron chi connectivity index (χ0n) is 7.88. The van der Waals surface area contributed by atoms with Crippen molar-refractivity contribution in [3.63, 3.8) is 0 Å². The molecule has 0 atom stereocenters. The van der Waals surface area contributed by atoms with Crippen molar-refractivity contribution in [1.82, 2.24) is 0 Å². The molecule has 13 heavy (non-hydrogen) atoms. The molecule has 0 aliphatic rings. The van der Waals surface area contributed by atoms with Crippen LogP contribution >= 0.6 is 15.9 Å². The highest BCUT2D eigenvalue weighted by atomic mass is 79.9. The molecule has 0 heterocycles. The molecule has 0 aromatic heterocycles. The van der Waals surface area contributed by atoms with Crippen molar-refractivity contribution in [2.45, 2.75) is 13.8 Å². The average molecular weight is 241 g/mol. The van der Waals surface area contributed by atoms with Gasteiger partial charge in [0.1, 0.15) is 12.4 Å². The van der Waals surface area contributed by atoms with E-state index in [0.29, 0.717) is 6.61 Å². The lowest BCUT2D eigenvalue weighted by Gasteiger charge is -2.04. The Morgan fingerprint density at radius 3 is 2.85 bits per heavy atom. The maximum absolute atomic E-state index is 5.47. The molecular formula is C11H13BrO. The largest absolute Gasteiger partial charge is 0.490 e. The molecule has 0 spiro atoms. The van der Waals surface area contributed by atoms with Crippen LogP contribution in [0.4, 0.5) is 0 Å². The van der Waals surface area contributed by atoms with Crippen molar-refractivity contribution >= 4 is 15.9 Å². The van der Waals surface area contributed by atoms with E-state index in [0.717, 1.165) is 10.2 Å². The minimum Gasteiger partial charge on any atom is -0.490 e. The van der Waals surface area contributed by atoms with Crippen LogP contribution in [0.2, 0.25) is 0 Å². The summed E-state index contributed by atoms with van der Waals surface area (Å²) >= 11 is 3.46. The molecule has 1 aromatic carbocycles. The van der Waals surface area contributed by atoms with Gasteiger partial charge in [-0.1, -0.05) is 34.1 Å². The third-order valence-corrected chi connectivity index (χ3v) is 2.58. The monoisotopic (exact) mass is 240 g/mol. The van der Waals surface area contributed by atoms with Crippen LogP contribution in [0, 0.1) is 6.92 Å². The zero-order chi connectivity index (χ0) is 9.68. The lowest BCUT2D eigenvalue weighted by Crippen LogP contribution is -1.93. The molecule has 0 N–H and O–H groups in total. The predicted octanol–water partition coefficient (Wildman–Crippen LogP) is 3.71. The fourth-order valence-electron chi connectivity index (χ4n) is 0.904. The molecule has 0 saturated heterocycles. The number of halogens is 1. The molecule has 2 heteroatoms. The van der Waals surface area contributed by atoms with E-state index < -0.39 is 0 Å². The van der Waals surface area contributed by atoms with Crippen molar-refractivity contribution in [1.29, 1.82) is 0 Å². The second-order valence-corrected chi connectivity index (χ2v) is 3.65. The Morgan fingerprint density at radius 1 is 1.46 bits per heavy atom. The van der Waals surface area contributed by atoms with E-state index in [1.807, 2.05) is 37.3 Å². The summed E-state index contributed by atoms with van der Waals surface area (Å²) in [6, 6.07) is 6.00. The highest BCUT2D eigenvalue weighted by Gasteiger charge is 1.96. The number of ether oxygens (including phenoxy) is 1. The van der Waals surface area contributed by atoms with Gasteiger partial charge in [0.25, 0.3) is 0 Å². The fourth-order valence-corrected chi connectivity index (χ4v) is 1.26. The van der Waals surface area contributed by atoms with Crippen LogP contribution in [0.3, 0.4) is 0 Å². The molecule has 0 amide bonds. The Kier molecular flexibility index (Phi) is 4.03. The lowest BCUT2D eigenvalue weighted by atomic mass is 10.2. The molecule has 0 saturated carbocycles. The number of hydrogen-bond acceptors (Lipinski definition) is 1. The molecule has 0 aliphatic heterocycles. The van der Waals surface area contributed by atoms with Gasteiger partial charge in [0.2, 0.25) is 0 Å². The molecule has 0 bridgehead atoms. The topological polar surface area (TPSA) is 9.23 Å². The van der Waals surface area contributed by atoms with E-state index >= 15 is 0 Å². The Morgan fingerprint density at radius 2 is 2.23 bits per heavy atom. The highest BCUT2D eigenvalue weighted by Crippen LogP contribution is 2.22. The van der Waals surface area contributed by atoms with E-state index in [9.17, 15) is 0 Å². The summed E-state index contributed by atoms with van der Waals surface area (Å²) < 4.78 is 6.55. The summed E-state index contributed by atoms with van der Waals surface area (Å²) in [7, 11) is 0. The van der Waals surface area contributed by atoms with Crippen molar-refractivity contribution < 1.29 is 4.74 Å². The number of aryl methyl sites for hydroxylation is 1. The molecule has 70 valence electrons. The second-order valence-electron chi connectivity index (χ2n) is 2.79. The van der Waals surface area contributed by atoms with Crippen molar-refractivity contribution in [3.05, 3.63) is 40.4 Å². The van der Waals surface area contributed by atoms with Crippen LogP contribution in [0.15, 0.2) is 34.8 Å². The molecule has 1 rings (SSSR count). The summed E-state index contributed by atoms with van der Waals surface area (Å²) in [5.74, 6) is 0.899. The van der Waals surface area contributed by atoms with Crippen molar-refractivity contribution in [2.24, 2.45) is 0 Å². The quantitative estimate of drug-likeness (QED) is 0.733. The predicted molar refractivity (Wildman–Crippen MR) is 59.2 cm³/mol. The maximum atomic E-state index is 5.47. The van der Waals surface area contributed by atoms with Crippen LogP contribution in [-0.4, -0.2) is 6.61 Å². The minimum atomic E-state index is 0.631. The van der Waals surface area contributed by atoms with E-state index in [2.05, 4.69) is 22.9 Å². The first-order valence-corrected chi connectivity index (χ1v) is 5.03. The first-order valence-electron chi connectivity index (χ1n) is 4.24. The first-order chi connectivity index (χ1) is 6.24. The number of benzene rings is 1. The first kappa shape index (κ1) is 10.3. The third-order valence-electron chi connectivity index (χ3n) is 1.73. The van der Waals surface area contributed by atoms with Crippen LogP contribution in [-0.2, 0) is 0 Å². The minimum absolute atomic E-state index is 0.631. The Hall–Kier alpha value is -0.760. The van der Waals surface area contributed by atoms with E-state index in [1.54, 1.807) is 0 Å². The van der Waals surface area contributed by atoms with Crippen molar-refractivity contribution in [2.75, 3.05) is 6.61 Å². The van der Waals surface area contributed by atoms with Crippen LogP contribution in [0.5, 0.6) is 5.75 Å². The van der Waals surface area contributed by atoms with Gasteiger partial charge >= 0.3 is 0 Å². The smallest absolute Gasteiger partial charge is 0.120 e. The summed E-state index contributed by atoms with van der Waals surface area (Å²) in [5.41, 5.74) is 1.22. The van der Waals surface area contributed by atoms with Crippen LogP contribution in [0.1, 0.15) is 12.5 Å². The van der Waals surface area contributed by atoms with Gasteiger partial charge in [-0.3, -0.25) is 0 Å².